The Balaban J connectivity index is 1.54. The number of amides is 1. The SMILES string of the molecule is Cc1cc(F)ccc1C(=O)N1Cc2cncn2[C@H](COc2ncccn2)C1. The molecule has 0 fully saturated rings. The zero-order valence-electron chi connectivity index (χ0n) is 14.7. The van der Waals surface area contributed by atoms with E-state index >= 15 is 0 Å². The number of nitrogens with zero attached hydrogens (tertiary/aromatic N) is 5. The molecule has 7 nitrogen and oxygen atoms in total. The summed E-state index contributed by atoms with van der Waals surface area (Å²) in [7, 11) is 0. The molecule has 0 N–H and O–H groups in total. The van der Waals surface area contributed by atoms with Crippen molar-refractivity contribution in [1.29, 1.82) is 0 Å². The van der Waals surface area contributed by atoms with Crippen molar-refractivity contribution in [1.82, 2.24) is 24.4 Å². The zero-order chi connectivity index (χ0) is 18.8. The summed E-state index contributed by atoms with van der Waals surface area (Å²) in [6.07, 6.45) is 6.70. The number of imidazole rings is 1. The van der Waals surface area contributed by atoms with Crippen LogP contribution in [0, 0.1) is 12.7 Å². The van der Waals surface area contributed by atoms with Gasteiger partial charge in [0, 0.05) is 30.7 Å². The number of hydrogen-bond donors (Lipinski definition) is 0. The summed E-state index contributed by atoms with van der Waals surface area (Å²) in [6.45, 7) is 2.93. The number of aromatic nitrogens is 4. The molecule has 1 aromatic carbocycles. The van der Waals surface area contributed by atoms with E-state index in [4.69, 9.17) is 4.74 Å². The van der Waals surface area contributed by atoms with E-state index in [2.05, 4.69) is 15.0 Å². The van der Waals surface area contributed by atoms with Gasteiger partial charge in [-0.3, -0.25) is 4.79 Å². The quantitative estimate of drug-likeness (QED) is 0.708. The van der Waals surface area contributed by atoms with Crippen molar-refractivity contribution in [3.63, 3.8) is 0 Å². The van der Waals surface area contributed by atoms with E-state index in [9.17, 15) is 9.18 Å². The van der Waals surface area contributed by atoms with Gasteiger partial charge in [-0.2, -0.15) is 0 Å². The molecule has 0 saturated heterocycles. The Hall–Kier alpha value is -3.29. The molecule has 138 valence electrons. The second-order valence-electron chi connectivity index (χ2n) is 6.43. The lowest BCUT2D eigenvalue weighted by Gasteiger charge is -2.34. The topological polar surface area (TPSA) is 73.1 Å². The maximum atomic E-state index is 13.4. The molecule has 1 aliphatic heterocycles. The van der Waals surface area contributed by atoms with E-state index in [1.165, 1.54) is 18.2 Å². The molecule has 1 amide bonds. The molecule has 27 heavy (non-hydrogen) atoms. The van der Waals surface area contributed by atoms with Gasteiger partial charge in [-0.15, -0.1) is 0 Å². The standard InChI is InChI=1S/C19H18FN5O2/c1-13-7-14(20)3-4-17(13)18(26)24-9-15-8-21-12-25(15)16(10-24)11-27-19-22-5-2-6-23-19/h2-8,12,16H,9-11H2,1H3/t16-/m0/s1. The predicted octanol–water partition coefficient (Wildman–Crippen LogP) is 2.40. The first-order valence-electron chi connectivity index (χ1n) is 8.58. The molecule has 4 rings (SSSR count). The Morgan fingerprint density at radius 2 is 2.15 bits per heavy atom. The molecule has 3 aromatic rings. The normalized spacial score (nSPS) is 16.1. The fraction of sp³-hybridized carbons (Fsp3) is 0.263. The first kappa shape index (κ1) is 17.1. The molecule has 8 heteroatoms. The van der Waals surface area contributed by atoms with Crippen molar-refractivity contribution in [2.45, 2.75) is 19.5 Å². The van der Waals surface area contributed by atoms with Crippen molar-refractivity contribution in [2.24, 2.45) is 0 Å². The van der Waals surface area contributed by atoms with Gasteiger partial charge in [0.2, 0.25) is 0 Å². The Morgan fingerprint density at radius 3 is 2.93 bits per heavy atom. The molecular weight excluding hydrogens is 349 g/mol. The molecule has 0 radical (unpaired) electrons. The van der Waals surface area contributed by atoms with E-state index in [1.54, 1.807) is 42.8 Å². The molecule has 3 heterocycles. The number of aryl methyl sites for hydroxylation is 1. The van der Waals surface area contributed by atoms with Gasteiger partial charge in [0.25, 0.3) is 5.91 Å². The van der Waals surface area contributed by atoms with Gasteiger partial charge >= 0.3 is 6.01 Å². The minimum Gasteiger partial charge on any atom is -0.461 e. The molecule has 0 aliphatic carbocycles. The molecular formula is C19H18FN5O2. The van der Waals surface area contributed by atoms with Gasteiger partial charge in [0.05, 0.1) is 24.6 Å². The van der Waals surface area contributed by atoms with Crippen LogP contribution in [0.2, 0.25) is 0 Å². The second kappa shape index (κ2) is 7.14. The smallest absolute Gasteiger partial charge is 0.316 e. The summed E-state index contributed by atoms with van der Waals surface area (Å²) < 4.78 is 21.1. The Kier molecular flexibility index (Phi) is 4.53. The lowest BCUT2D eigenvalue weighted by atomic mass is 10.1. The van der Waals surface area contributed by atoms with Crippen LogP contribution in [-0.2, 0) is 6.54 Å². The minimum absolute atomic E-state index is 0.121. The maximum Gasteiger partial charge on any atom is 0.316 e. The van der Waals surface area contributed by atoms with Crippen LogP contribution in [0.15, 0.2) is 49.2 Å². The monoisotopic (exact) mass is 367 g/mol. The Bertz CT molecular complexity index is 960. The van der Waals surface area contributed by atoms with Crippen LogP contribution in [-0.4, -0.2) is 43.5 Å². The molecule has 0 spiro atoms. The molecule has 1 aliphatic rings. The number of carbonyl (C=O) groups excluding carboxylic acids is 1. The summed E-state index contributed by atoms with van der Waals surface area (Å²) in [4.78, 5) is 27.0. The number of halogens is 1. The van der Waals surface area contributed by atoms with E-state index < -0.39 is 0 Å². The highest BCUT2D eigenvalue weighted by Crippen LogP contribution is 2.24. The van der Waals surface area contributed by atoms with E-state index in [1.807, 2.05) is 4.57 Å². The van der Waals surface area contributed by atoms with Crippen LogP contribution in [0.3, 0.4) is 0 Å². The number of rotatable bonds is 4. The lowest BCUT2D eigenvalue weighted by molar-refractivity contribution is 0.0643. The third-order valence-corrected chi connectivity index (χ3v) is 4.58. The summed E-state index contributed by atoms with van der Waals surface area (Å²) in [5.74, 6) is -0.490. The van der Waals surface area contributed by atoms with E-state index in [0.717, 1.165) is 5.69 Å². The van der Waals surface area contributed by atoms with Crippen LogP contribution >= 0.6 is 0 Å². The van der Waals surface area contributed by atoms with Gasteiger partial charge in [-0.25, -0.2) is 19.3 Å². The number of carbonyl (C=O) groups is 1. The Labute approximate surface area is 155 Å². The molecule has 0 saturated carbocycles. The Morgan fingerprint density at radius 1 is 1.33 bits per heavy atom. The molecule has 0 bridgehead atoms. The second-order valence-corrected chi connectivity index (χ2v) is 6.43. The van der Waals surface area contributed by atoms with Crippen molar-refractivity contribution >= 4 is 5.91 Å². The van der Waals surface area contributed by atoms with Gasteiger partial charge in [-0.1, -0.05) is 0 Å². The van der Waals surface area contributed by atoms with Gasteiger partial charge in [0.15, 0.2) is 0 Å². The summed E-state index contributed by atoms with van der Waals surface area (Å²) in [5, 5.41) is 0. The van der Waals surface area contributed by atoms with Crippen LogP contribution in [0.25, 0.3) is 0 Å². The van der Waals surface area contributed by atoms with Crippen LogP contribution in [0.4, 0.5) is 4.39 Å². The highest BCUT2D eigenvalue weighted by atomic mass is 19.1. The van der Waals surface area contributed by atoms with Crippen LogP contribution in [0.5, 0.6) is 6.01 Å². The predicted molar refractivity (Wildman–Crippen MR) is 94.7 cm³/mol. The van der Waals surface area contributed by atoms with Crippen LogP contribution < -0.4 is 4.74 Å². The van der Waals surface area contributed by atoms with Gasteiger partial charge in [0.1, 0.15) is 12.4 Å². The van der Waals surface area contributed by atoms with Gasteiger partial charge < -0.3 is 14.2 Å². The number of fused-ring (bicyclic) bond motifs is 1. The molecule has 1 atom stereocenters. The zero-order valence-corrected chi connectivity index (χ0v) is 14.7. The first-order chi connectivity index (χ1) is 13.1. The van der Waals surface area contributed by atoms with E-state index in [0.29, 0.717) is 30.8 Å². The molecule has 0 unspecified atom stereocenters. The third-order valence-electron chi connectivity index (χ3n) is 4.58. The number of benzene rings is 1. The fourth-order valence-electron chi connectivity index (χ4n) is 3.24. The number of ether oxygens (including phenoxy) is 1. The third kappa shape index (κ3) is 3.51. The highest BCUT2D eigenvalue weighted by molar-refractivity contribution is 5.95. The average Bonchev–Trinajstić information content (AvgIpc) is 3.15. The van der Waals surface area contributed by atoms with Crippen LogP contribution in [0.1, 0.15) is 27.7 Å². The van der Waals surface area contributed by atoms with Crippen molar-refractivity contribution in [2.75, 3.05) is 13.2 Å². The van der Waals surface area contributed by atoms with E-state index in [-0.39, 0.29) is 23.8 Å². The van der Waals surface area contributed by atoms with Crippen molar-refractivity contribution in [3.05, 3.63) is 71.8 Å². The van der Waals surface area contributed by atoms with Crippen molar-refractivity contribution < 1.29 is 13.9 Å². The highest BCUT2D eigenvalue weighted by Gasteiger charge is 2.29. The summed E-state index contributed by atoms with van der Waals surface area (Å²) >= 11 is 0. The largest absolute Gasteiger partial charge is 0.461 e. The summed E-state index contributed by atoms with van der Waals surface area (Å²) in [6, 6.07) is 6.09. The fourth-order valence-corrected chi connectivity index (χ4v) is 3.24. The lowest BCUT2D eigenvalue weighted by Crippen LogP contribution is -2.42. The maximum absolute atomic E-state index is 13.4. The minimum atomic E-state index is -0.352. The van der Waals surface area contributed by atoms with Gasteiger partial charge in [-0.05, 0) is 36.8 Å². The van der Waals surface area contributed by atoms with Crippen molar-refractivity contribution in [3.8, 4) is 6.01 Å². The molecule has 2 aromatic heterocycles. The average molecular weight is 367 g/mol. The number of hydrogen-bond acceptors (Lipinski definition) is 5. The summed E-state index contributed by atoms with van der Waals surface area (Å²) in [5.41, 5.74) is 2.02. The first-order valence-corrected chi connectivity index (χ1v) is 8.58.